The average Bonchev–Trinajstić information content (AvgIpc) is 0.810. The molecule has 4 saturated heterocycles. The highest BCUT2D eigenvalue weighted by Crippen LogP contribution is 2.38. The molecule has 4 aromatic heterocycles. The van der Waals surface area contributed by atoms with Gasteiger partial charge < -0.3 is 88.3 Å². The number of nitrogens with one attached hydrogen (secondary N) is 5. The molecule has 4 aromatic carbocycles. The number of piperidine rings is 4. The molecule has 4 aliphatic heterocycles. The first-order valence-electron chi connectivity index (χ1n) is 39.6. The highest BCUT2D eigenvalue weighted by atomic mass is 16.5. The quantitative estimate of drug-likeness (QED) is 0.0249. The second kappa shape index (κ2) is 45.6. The van der Waals surface area contributed by atoms with Crippen molar-refractivity contribution in [1.29, 1.82) is 0 Å². The summed E-state index contributed by atoms with van der Waals surface area (Å²) in [6.45, 7) is 16.1. The van der Waals surface area contributed by atoms with Gasteiger partial charge in [0.1, 0.15) is 23.0 Å². The molecule has 4 fully saturated rings. The number of carboxylic acid groups (broad SMARTS) is 1. The molecule has 0 aliphatic carbocycles. The van der Waals surface area contributed by atoms with Crippen molar-refractivity contribution < 1.29 is 101 Å². The second-order valence-electron chi connectivity index (χ2n) is 30.2. The summed E-state index contributed by atoms with van der Waals surface area (Å²) in [5.41, 5.74) is 25.7. The number of pyridine rings is 4. The van der Waals surface area contributed by atoms with Crippen LogP contribution in [-0.2, 0) is 57.5 Å². The lowest BCUT2D eigenvalue weighted by molar-refractivity contribution is -0.147. The summed E-state index contributed by atoms with van der Waals surface area (Å²) in [5, 5.41) is 21.3. The number of hydrogen-bond acceptors (Lipinski definition) is 25. The monoisotopic (exact) mass is 1710 g/mol. The molecule has 37 heteroatoms. The van der Waals surface area contributed by atoms with Gasteiger partial charge in [0.05, 0.1) is 87.9 Å². The Labute approximate surface area is 718 Å². The van der Waals surface area contributed by atoms with Crippen LogP contribution >= 0.6 is 0 Å². The summed E-state index contributed by atoms with van der Waals surface area (Å²) in [4.78, 5) is 206. The first-order chi connectivity index (χ1) is 59.4. The van der Waals surface area contributed by atoms with E-state index in [0.29, 0.717) is 67.9 Å². The zero-order valence-electron chi connectivity index (χ0n) is 69.8. The highest BCUT2D eigenvalue weighted by molar-refractivity contribution is 6.41. The number of esters is 4. The van der Waals surface area contributed by atoms with Gasteiger partial charge in [-0.3, -0.25) is 91.9 Å². The van der Waals surface area contributed by atoms with E-state index < -0.39 is 88.9 Å². The predicted molar refractivity (Wildman–Crippen MR) is 452 cm³/mol. The average molecular weight is 1720 g/mol. The van der Waals surface area contributed by atoms with Crippen LogP contribution in [0.5, 0.6) is 23.0 Å². The van der Waals surface area contributed by atoms with Gasteiger partial charge in [-0.25, -0.2) is 4.79 Å². The van der Waals surface area contributed by atoms with Crippen LogP contribution in [0.2, 0.25) is 0 Å². The number of anilines is 4. The minimum absolute atomic E-state index is 0.0817. The normalized spacial score (nSPS) is 18.0. The molecule has 8 atom stereocenters. The summed E-state index contributed by atoms with van der Waals surface area (Å²) in [6.07, 6.45) is 17.5. The Morgan fingerprint density at radius 2 is 0.576 bits per heavy atom. The number of primary amides is 4. The fraction of sp³-hybridized carbons (Fsp3) is 0.318. The molecule has 8 heterocycles. The molecular formula is C88H98N16O21. The largest absolute Gasteiger partial charge is 0.474 e. The zero-order chi connectivity index (χ0) is 91.3. The number of nitrogens with two attached hydrogens (primary N) is 4. The summed E-state index contributed by atoms with van der Waals surface area (Å²) in [5.74, 6) is -8.24. The number of amides is 11. The van der Waals surface area contributed by atoms with Gasteiger partial charge in [0, 0.05) is 78.2 Å². The van der Waals surface area contributed by atoms with E-state index in [9.17, 15) is 76.7 Å². The predicted octanol–water partition coefficient (Wildman–Crippen LogP) is 8.01. The number of carboxylic acids is 1. The van der Waals surface area contributed by atoms with Crippen molar-refractivity contribution in [3.8, 4) is 23.0 Å². The molecule has 11 amide bonds. The van der Waals surface area contributed by atoms with Crippen LogP contribution in [0.4, 0.5) is 22.7 Å². The SMILES string of the molecule is CC(=O)Oc1ccc([C@@H]2CC[C@@H](C)CN2C(=O)C(=O)Nc2cncc(C(N)=O)c2)cc1.CC(=O)Oc1ccc([C@H]2CC[C@H](C)CN2)cc1.CC(=O)Oc1ccc([C@H]2CC[C@H](C)CN2C(=O)C(=O)Nc2cncc(C(N)=O)c2)cc1.CC(=O)Oc1ccc([C@H]2CC[C@H](C)CN2C(=O)C(=O)Nc2cncc(C(N)=O)c2)cc1.NC(=O)c1cncc(NC(=O)C(=O)O)c1. The van der Waals surface area contributed by atoms with Crippen LogP contribution in [0.3, 0.4) is 0 Å². The lowest BCUT2D eigenvalue weighted by atomic mass is 9.89. The number of carbonyl (C=O) groups is 16. The molecule has 0 saturated carbocycles. The third-order valence-electron chi connectivity index (χ3n) is 19.9. The van der Waals surface area contributed by atoms with E-state index in [1.54, 1.807) is 87.5 Å². The Morgan fingerprint density at radius 1 is 0.336 bits per heavy atom. The van der Waals surface area contributed by atoms with E-state index in [0.717, 1.165) is 48.4 Å². The Kier molecular flexibility index (Phi) is 34.8. The molecule has 37 nitrogen and oxygen atoms in total. The van der Waals surface area contributed by atoms with Gasteiger partial charge in [0.2, 0.25) is 23.6 Å². The van der Waals surface area contributed by atoms with Crippen molar-refractivity contribution in [2.45, 2.75) is 131 Å². The number of benzene rings is 4. The summed E-state index contributed by atoms with van der Waals surface area (Å²) >= 11 is 0. The molecule has 14 N–H and O–H groups in total. The Morgan fingerprint density at radius 3 is 0.800 bits per heavy atom. The van der Waals surface area contributed by atoms with Crippen molar-refractivity contribution in [2.24, 2.45) is 46.6 Å². The van der Waals surface area contributed by atoms with Crippen LogP contribution in [0, 0.1) is 23.7 Å². The number of nitrogens with zero attached hydrogens (tertiary/aromatic N) is 7. The molecular weight excluding hydrogens is 1620 g/mol. The highest BCUT2D eigenvalue weighted by Gasteiger charge is 2.38. The van der Waals surface area contributed by atoms with Gasteiger partial charge in [0.25, 0.3) is 0 Å². The summed E-state index contributed by atoms with van der Waals surface area (Å²) < 4.78 is 20.2. The summed E-state index contributed by atoms with van der Waals surface area (Å²) in [6, 6.07) is 33.4. The smallest absolute Gasteiger partial charge is 0.394 e. The number of hydrogen-bond donors (Lipinski definition) is 10. The van der Waals surface area contributed by atoms with Crippen molar-refractivity contribution in [2.75, 3.05) is 47.4 Å². The van der Waals surface area contributed by atoms with Crippen molar-refractivity contribution in [3.63, 3.8) is 0 Å². The lowest BCUT2D eigenvalue weighted by Crippen LogP contribution is -2.46. The third kappa shape index (κ3) is 29.4. The number of aliphatic carboxylic acids is 1. The maximum absolute atomic E-state index is 13.0. The Balaban J connectivity index is 0.000000199. The maximum atomic E-state index is 13.0. The molecule has 0 bridgehead atoms. The fourth-order valence-corrected chi connectivity index (χ4v) is 13.9. The molecule has 656 valence electrons. The molecule has 4 aliphatic rings. The van der Waals surface area contributed by atoms with Crippen molar-refractivity contribution >= 4 is 118 Å². The van der Waals surface area contributed by atoms with E-state index in [4.69, 9.17) is 47.0 Å². The lowest BCUT2D eigenvalue weighted by Gasteiger charge is -2.38. The third-order valence-corrected chi connectivity index (χ3v) is 19.9. The van der Waals surface area contributed by atoms with E-state index in [1.165, 1.54) is 120 Å². The number of ether oxygens (including phenoxy) is 4. The van der Waals surface area contributed by atoms with Crippen LogP contribution < -0.4 is 68.5 Å². The van der Waals surface area contributed by atoms with E-state index in [2.05, 4.69) is 48.1 Å². The summed E-state index contributed by atoms with van der Waals surface area (Å²) in [7, 11) is 0. The van der Waals surface area contributed by atoms with E-state index >= 15 is 0 Å². The zero-order valence-corrected chi connectivity index (χ0v) is 69.8. The standard InChI is InChI=1S/3C22H24N4O5.C14H19NO2.C8H7N3O4/c3*1-13-3-8-19(15-4-6-18(7-5-15)31-14(2)27)26(12-13)22(30)21(29)25-17-9-16(20(23)28)10-24-11-17;1-10-3-8-14(15-9-10)12-4-6-13(7-5-12)17-11(2)16;9-6(12)4-1-5(3-10-2-4)11-7(13)8(14)15/h3*4-7,9-11,13,19H,3,8,12H2,1-2H3,(H2,23,28)(H,25,29);4-7,10,14-15H,3,8-9H2,1-2H3;1-3H,(H2,9,12)(H,11,13)(H,14,15)/t3*13-,19+;10-,14+;/m1000./s1. The van der Waals surface area contributed by atoms with Crippen molar-refractivity contribution in [3.05, 3.63) is 215 Å². The van der Waals surface area contributed by atoms with E-state index in [1.807, 2.05) is 50.4 Å². The van der Waals surface area contributed by atoms with Gasteiger partial charge in [-0.2, -0.15) is 0 Å². The molecule has 8 aromatic rings. The fourth-order valence-electron chi connectivity index (χ4n) is 13.9. The minimum atomic E-state index is -1.63. The Bertz CT molecular complexity index is 4890. The van der Waals surface area contributed by atoms with Crippen LogP contribution in [-0.4, -0.2) is 161 Å². The second-order valence-corrected chi connectivity index (χ2v) is 30.2. The number of carbonyl (C=O) groups excluding carboxylic acids is 15. The molecule has 125 heavy (non-hydrogen) atoms. The number of aromatic nitrogens is 4. The van der Waals surface area contributed by atoms with E-state index in [-0.39, 0.29) is 86.9 Å². The van der Waals surface area contributed by atoms with Crippen molar-refractivity contribution in [1.82, 2.24) is 40.0 Å². The van der Waals surface area contributed by atoms with Gasteiger partial charge in [-0.05, 0) is 177 Å². The topological polar surface area (TPSA) is 556 Å². The van der Waals surface area contributed by atoms with Gasteiger partial charge in [-0.15, -0.1) is 0 Å². The van der Waals surface area contributed by atoms with Gasteiger partial charge >= 0.3 is 71.2 Å². The maximum Gasteiger partial charge on any atom is 0.394 e. The van der Waals surface area contributed by atoms with Crippen LogP contribution in [0.25, 0.3) is 0 Å². The first kappa shape index (κ1) is 95.4. The number of likely N-dealkylation sites (tertiary alicyclic amines) is 3. The van der Waals surface area contributed by atoms with Gasteiger partial charge in [-0.1, -0.05) is 76.2 Å². The van der Waals surface area contributed by atoms with Gasteiger partial charge in [0.15, 0.2) is 0 Å². The minimum Gasteiger partial charge on any atom is -0.474 e. The number of rotatable bonds is 16. The van der Waals surface area contributed by atoms with Crippen LogP contribution in [0.1, 0.15) is 195 Å². The first-order valence-corrected chi connectivity index (χ1v) is 39.6. The van der Waals surface area contributed by atoms with Crippen LogP contribution in [0.15, 0.2) is 171 Å². The molecule has 0 unspecified atom stereocenters. The molecule has 12 rings (SSSR count). The molecule has 0 radical (unpaired) electrons. The Hall–Kier alpha value is -15.0. The molecule has 0 spiro atoms.